The van der Waals surface area contributed by atoms with Gasteiger partial charge >= 0.3 is 0 Å². The van der Waals surface area contributed by atoms with Crippen molar-refractivity contribution in [2.24, 2.45) is 5.92 Å². The molecule has 3 amide bonds. The number of amides is 3. The zero-order valence-corrected chi connectivity index (χ0v) is 16.5. The van der Waals surface area contributed by atoms with Crippen molar-refractivity contribution in [2.75, 3.05) is 16.8 Å². The van der Waals surface area contributed by atoms with Gasteiger partial charge in [0.15, 0.2) is 0 Å². The van der Waals surface area contributed by atoms with Crippen LogP contribution in [0, 0.1) is 5.92 Å². The van der Waals surface area contributed by atoms with Crippen molar-refractivity contribution < 1.29 is 19.1 Å². The molecule has 6 nitrogen and oxygen atoms in total. The molecule has 0 unspecified atom stereocenters. The van der Waals surface area contributed by atoms with Crippen molar-refractivity contribution in [1.29, 1.82) is 0 Å². The molecule has 0 saturated carbocycles. The van der Waals surface area contributed by atoms with E-state index in [0.29, 0.717) is 40.2 Å². The average Bonchev–Trinajstić information content (AvgIpc) is 2.99. The predicted molar refractivity (Wildman–Crippen MR) is 108 cm³/mol. The Morgan fingerprint density at radius 1 is 1.14 bits per heavy atom. The Balaban J connectivity index is 1.73. The Morgan fingerprint density at radius 2 is 1.86 bits per heavy atom. The fraction of sp³-hybridized carbons (Fsp3) is 0.286. The third-order valence-electron chi connectivity index (χ3n) is 4.18. The highest BCUT2D eigenvalue weighted by molar-refractivity contribution is 6.32. The van der Waals surface area contributed by atoms with Crippen LogP contribution in [0.4, 0.5) is 11.4 Å². The molecule has 28 heavy (non-hydrogen) atoms. The number of imide groups is 1. The molecule has 7 heteroatoms. The molecule has 3 rings (SSSR count). The van der Waals surface area contributed by atoms with E-state index >= 15 is 0 Å². The summed E-state index contributed by atoms with van der Waals surface area (Å²) in [7, 11) is 0. The lowest BCUT2D eigenvalue weighted by atomic mass is 10.1. The zero-order chi connectivity index (χ0) is 20.3. The predicted octanol–water partition coefficient (Wildman–Crippen LogP) is 4.28. The Bertz CT molecular complexity index is 910. The van der Waals surface area contributed by atoms with Crippen molar-refractivity contribution in [2.45, 2.75) is 26.7 Å². The van der Waals surface area contributed by atoms with Gasteiger partial charge in [-0.2, -0.15) is 0 Å². The summed E-state index contributed by atoms with van der Waals surface area (Å²) in [5.41, 5.74) is 1.25. The van der Waals surface area contributed by atoms with Crippen LogP contribution in [0.15, 0.2) is 42.5 Å². The minimum absolute atomic E-state index is 0.193. The lowest BCUT2D eigenvalue weighted by Gasteiger charge is -2.15. The van der Waals surface area contributed by atoms with Crippen LogP contribution in [0.25, 0.3) is 0 Å². The van der Waals surface area contributed by atoms with Gasteiger partial charge in [0.1, 0.15) is 5.75 Å². The fourth-order valence-electron chi connectivity index (χ4n) is 2.81. The summed E-state index contributed by atoms with van der Waals surface area (Å²) in [5.74, 6) is 0.0454. The monoisotopic (exact) mass is 400 g/mol. The Morgan fingerprint density at radius 3 is 2.50 bits per heavy atom. The lowest BCUT2D eigenvalue weighted by molar-refractivity contribution is -0.121. The number of carbonyl (C=O) groups excluding carboxylic acids is 3. The number of rotatable bonds is 6. The molecular weight excluding hydrogens is 380 g/mol. The molecular formula is C21H21ClN2O4. The smallest absolute Gasteiger partial charge is 0.255 e. The second-order valence-electron chi connectivity index (χ2n) is 6.98. The van der Waals surface area contributed by atoms with Crippen molar-refractivity contribution in [3.63, 3.8) is 0 Å². The number of nitrogens with one attached hydrogen (secondary N) is 1. The summed E-state index contributed by atoms with van der Waals surface area (Å²) in [6, 6.07) is 11.4. The quantitative estimate of drug-likeness (QED) is 0.734. The first-order chi connectivity index (χ1) is 13.3. The second-order valence-corrected chi connectivity index (χ2v) is 7.38. The van der Waals surface area contributed by atoms with E-state index in [-0.39, 0.29) is 30.6 Å². The summed E-state index contributed by atoms with van der Waals surface area (Å²) in [5, 5.41) is 3.17. The molecule has 0 atom stereocenters. The van der Waals surface area contributed by atoms with Crippen molar-refractivity contribution in [3.8, 4) is 5.75 Å². The van der Waals surface area contributed by atoms with E-state index in [9.17, 15) is 14.4 Å². The first-order valence-electron chi connectivity index (χ1n) is 9.04. The largest absolute Gasteiger partial charge is 0.492 e. The van der Waals surface area contributed by atoms with Gasteiger partial charge < -0.3 is 10.1 Å². The van der Waals surface area contributed by atoms with Gasteiger partial charge in [-0.15, -0.1) is 0 Å². The maximum absolute atomic E-state index is 12.6. The minimum Gasteiger partial charge on any atom is -0.492 e. The molecule has 2 aromatic rings. The average molecular weight is 401 g/mol. The Kier molecular flexibility index (Phi) is 5.99. The van der Waals surface area contributed by atoms with Gasteiger partial charge in [0, 0.05) is 24.1 Å². The number of benzene rings is 2. The SMILES string of the molecule is CC(C)COc1ccc(NC(=O)c2cccc(N3C(=O)CCC3=O)c2)cc1Cl. The van der Waals surface area contributed by atoms with Gasteiger partial charge in [-0.25, -0.2) is 0 Å². The molecule has 0 aliphatic carbocycles. The van der Waals surface area contributed by atoms with Gasteiger partial charge in [-0.1, -0.05) is 31.5 Å². The maximum atomic E-state index is 12.6. The molecule has 0 radical (unpaired) electrons. The summed E-state index contributed by atoms with van der Waals surface area (Å²) < 4.78 is 5.62. The third kappa shape index (κ3) is 4.51. The molecule has 1 aliphatic heterocycles. The van der Waals surface area contributed by atoms with E-state index in [0.717, 1.165) is 4.90 Å². The van der Waals surface area contributed by atoms with Crippen molar-refractivity contribution in [3.05, 3.63) is 53.1 Å². The van der Waals surface area contributed by atoms with Gasteiger partial charge in [-0.3, -0.25) is 19.3 Å². The van der Waals surface area contributed by atoms with E-state index < -0.39 is 0 Å². The summed E-state index contributed by atoms with van der Waals surface area (Å²) in [4.78, 5) is 37.5. The number of nitrogens with zero attached hydrogens (tertiary/aromatic N) is 1. The molecule has 1 aliphatic rings. The number of ether oxygens (including phenoxy) is 1. The van der Waals surface area contributed by atoms with Crippen molar-refractivity contribution >= 4 is 40.7 Å². The van der Waals surface area contributed by atoms with Gasteiger partial charge in [0.2, 0.25) is 11.8 Å². The number of carbonyl (C=O) groups is 3. The van der Waals surface area contributed by atoms with E-state index in [2.05, 4.69) is 5.32 Å². The van der Waals surface area contributed by atoms with Crippen LogP contribution in [0.1, 0.15) is 37.0 Å². The Hall–Kier alpha value is -2.86. The molecule has 0 aromatic heterocycles. The highest BCUT2D eigenvalue weighted by Gasteiger charge is 2.30. The summed E-state index contributed by atoms with van der Waals surface area (Å²) in [6.45, 7) is 4.63. The van der Waals surface area contributed by atoms with Crippen LogP contribution >= 0.6 is 11.6 Å². The minimum atomic E-state index is -0.368. The van der Waals surface area contributed by atoms with Crippen LogP contribution < -0.4 is 15.0 Å². The first kappa shape index (κ1) is 19.9. The highest BCUT2D eigenvalue weighted by atomic mass is 35.5. The topological polar surface area (TPSA) is 75.7 Å². The number of halogens is 1. The zero-order valence-electron chi connectivity index (χ0n) is 15.7. The molecule has 1 heterocycles. The van der Waals surface area contributed by atoms with E-state index in [1.807, 2.05) is 13.8 Å². The van der Waals surface area contributed by atoms with E-state index in [1.54, 1.807) is 36.4 Å². The maximum Gasteiger partial charge on any atom is 0.255 e. The standard InChI is InChI=1S/C21H21ClN2O4/c1-13(2)12-28-18-7-6-15(11-17(18)22)23-21(27)14-4-3-5-16(10-14)24-19(25)8-9-20(24)26/h3-7,10-11,13H,8-9,12H2,1-2H3,(H,23,27). The first-order valence-corrected chi connectivity index (χ1v) is 9.42. The summed E-state index contributed by atoms with van der Waals surface area (Å²) in [6.07, 6.45) is 0.387. The number of hydrogen-bond acceptors (Lipinski definition) is 4. The van der Waals surface area contributed by atoms with Gasteiger partial charge in [0.05, 0.1) is 17.3 Å². The molecule has 1 saturated heterocycles. The van der Waals surface area contributed by atoms with E-state index in [1.165, 1.54) is 6.07 Å². The lowest BCUT2D eigenvalue weighted by Crippen LogP contribution is -2.28. The second kappa shape index (κ2) is 8.44. The fourth-order valence-corrected chi connectivity index (χ4v) is 3.04. The van der Waals surface area contributed by atoms with Crippen LogP contribution in [0.2, 0.25) is 5.02 Å². The molecule has 146 valence electrons. The van der Waals surface area contributed by atoms with Crippen LogP contribution in [0.5, 0.6) is 5.75 Å². The molecule has 1 N–H and O–H groups in total. The van der Waals surface area contributed by atoms with Crippen molar-refractivity contribution in [1.82, 2.24) is 0 Å². The van der Waals surface area contributed by atoms with Crippen LogP contribution in [-0.2, 0) is 9.59 Å². The third-order valence-corrected chi connectivity index (χ3v) is 4.48. The molecule has 0 bridgehead atoms. The number of hydrogen-bond donors (Lipinski definition) is 1. The normalized spacial score (nSPS) is 13.9. The highest BCUT2D eigenvalue weighted by Crippen LogP contribution is 2.29. The van der Waals surface area contributed by atoms with Crippen LogP contribution in [-0.4, -0.2) is 24.3 Å². The number of anilines is 2. The van der Waals surface area contributed by atoms with Crippen LogP contribution in [0.3, 0.4) is 0 Å². The molecule has 2 aromatic carbocycles. The summed E-state index contributed by atoms with van der Waals surface area (Å²) >= 11 is 6.23. The molecule has 0 spiro atoms. The van der Waals surface area contributed by atoms with Gasteiger partial charge in [-0.05, 0) is 42.3 Å². The molecule has 1 fully saturated rings. The Labute approximate surface area is 168 Å². The van der Waals surface area contributed by atoms with Gasteiger partial charge in [0.25, 0.3) is 5.91 Å². The van der Waals surface area contributed by atoms with E-state index in [4.69, 9.17) is 16.3 Å².